The number of hydrogen-bond acceptors (Lipinski definition) is 4. The largest absolute Gasteiger partial charge is 0.433 e. The molecule has 1 aliphatic rings. The summed E-state index contributed by atoms with van der Waals surface area (Å²) in [5, 5.41) is 8.71. The molecule has 0 radical (unpaired) electrons. The van der Waals surface area contributed by atoms with Crippen molar-refractivity contribution in [3.05, 3.63) is 0 Å². The van der Waals surface area contributed by atoms with Crippen LogP contribution in [0.2, 0.25) is 0 Å². The number of aliphatic hydroxyl groups is 1. The molecule has 1 saturated heterocycles. The molecule has 24 heavy (non-hydrogen) atoms. The van der Waals surface area contributed by atoms with Crippen molar-refractivity contribution in [3.63, 3.8) is 0 Å². The van der Waals surface area contributed by atoms with Gasteiger partial charge >= 0.3 is 5.97 Å². The average Bonchev–Trinajstić information content (AvgIpc) is 2.90. The van der Waals surface area contributed by atoms with Crippen LogP contribution in [0.3, 0.4) is 0 Å². The van der Waals surface area contributed by atoms with E-state index in [-0.39, 0.29) is 17.5 Å². The molecule has 0 amide bonds. The summed E-state index contributed by atoms with van der Waals surface area (Å²) >= 11 is 0. The highest BCUT2D eigenvalue weighted by molar-refractivity contribution is 5.76. The Morgan fingerprint density at radius 2 is 1.29 bits per heavy atom. The first kappa shape index (κ1) is 21.4. The molecule has 0 aromatic heterocycles. The summed E-state index contributed by atoms with van der Waals surface area (Å²) in [4.78, 5) is 11.8. The first-order valence-electron chi connectivity index (χ1n) is 9.92. The number of rotatable bonds is 13. The van der Waals surface area contributed by atoms with Gasteiger partial charge in [0.25, 0.3) is 0 Å². The first-order valence-corrected chi connectivity index (χ1v) is 9.92. The van der Waals surface area contributed by atoms with Crippen LogP contribution in [-0.2, 0) is 14.3 Å². The van der Waals surface area contributed by atoms with Gasteiger partial charge < -0.3 is 14.6 Å². The molecule has 1 N–H and O–H groups in total. The second-order valence-electron chi connectivity index (χ2n) is 8.16. The van der Waals surface area contributed by atoms with E-state index in [2.05, 4.69) is 0 Å². The molecule has 1 fully saturated rings. The molecule has 142 valence electrons. The molecule has 0 aromatic rings. The van der Waals surface area contributed by atoms with Crippen molar-refractivity contribution < 1.29 is 19.4 Å². The Balaban J connectivity index is 1.91. The maximum atomic E-state index is 11.8. The van der Waals surface area contributed by atoms with Crippen molar-refractivity contribution in [3.8, 4) is 0 Å². The predicted molar refractivity (Wildman–Crippen MR) is 96.7 cm³/mol. The minimum atomic E-state index is -0.396. The molecule has 1 aliphatic heterocycles. The molecule has 0 spiro atoms. The fourth-order valence-corrected chi connectivity index (χ4v) is 3.01. The summed E-state index contributed by atoms with van der Waals surface area (Å²) < 4.78 is 11.1. The van der Waals surface area contributed by atoms with Crippen LogP contribution in [0, 0.1) is 5.41 Å². The molecule has 0 unspecified atom stereocenters. The summed E-state index contributed by atoms with van der Waals surface area (Å²) in [6.45, 7) is 6.42. The highest BCUT2D eigenvalue weighted by atomic mass is 16.8. The summed E-state index contributed by atoms with van der Waals surface area (Å²) in [5.74, 6) is -0.184. The van der Waals surface area contributed by atoms with Gasteiger partial charge in [-0.05, 0) is 12.8 Å². The maximum absolute atomic E-state index is 11.8. The number of aliphatic hydroxyl groups excluding tert-OH is 1. The number of esters is 1. The van der Waals surface area contributed by atoms with E-state index < -0.39 is 6.29 Å². The number of unbranched alkanes of at least 4 members (excludes halogenated alkanes) is 10. The second-order valence-corrected chi connectivity index (χ2v) is 8.16. The van der Waals surface area contributed by atoms with Crippen LogP contribution in [0.25, 0.3) is 0 Å². The topological polar surface area (TPSA) is 55.8 Å². The molecule has 4 heteroatoms. The number of carbonyl (C=O) groups excluding carboxylic acids is 1. The van der Waals surface area contributed by atoms with E-state index in [0.29, 0.717) is 6.61 Å². The molecule has 2 atom stereocenters. The quantitative estimate of drug-likeness (QED) is 0.379. The normalized spacial score (nSPS) is 21.2. The maximum Gasteiger partial charge on any atom is 0.337 e. The summed E-state index contributed by atoms with van der Waals surface area (Å²) in [7, 11) is 0. The number of carbonyl (C=O) groups is 1. The van der Waals surface area contributed by atoms with Gasteiger partial charge in [0.15, 0.2) is 6.10 Å². The molecule has 0 bridgehead atoms. The third kappa shape index (κ3) is 9.03. The monoisotopic (exact) mass is 342 g/mol. The average molecular weight is 343 g/mol. The van der Waals surface area contributed by atoms with Gasteiger partial charge in [-0.15, -0.1) is 0 Å². The SMILES string of the molecule is CC(C)(C)[C@@H]1OC(=O)[C@H](CCCCCCCCCCCCCO)O1. The summed E-state index contributed by atoms with van der Waals surface area (Å²) in [6.07, 6.45) is 13.4. The zero-order valence-corrected chi connectivity index (χ0v) is 16.0. The van der Waals surface area contributed by atoms with Gasteiger partial charge in [-0.25, -0.2) is 4.79 Å². The highest BCUT2D eigenvalue weighted by Gasteiger charge is 2.41. The Labute approximate surface area is 148 Å². The molecule has 4 nitrogen and oxygen atoms in total. The van der Waals surface area contributed by atoms with Crippen molar-refractivity contribution in [1.29, 1.82) is 0 Å². The summed E-state index contributed by atoms with van der Waals surface area (Å²) in [5.41, 5.74) is -0.150. The van der Waals surface area contributed by atoms with Crippen molar-refractivity contribution in [2.75, 3.05) is 6.61 Å². The van der Waals surface area contributed by atoms with Crippen LogP contribution in [0.5, 0.6) is 0 Å². The highest BCUT2D eigenvalue weighted by Crippen LogP contribution is 2.31. The van der Waals surface area contributed by atoms with E-state index >= 15 is 0 Å². The Morgan fingerprint density at radius 1 is 0.833 bits per heavy atom. The number of hydrogen-bond donors (Lipinski definition) is 1. The smallest absolute Gasteiger partial charge is 0.337 e. The Kier molecular flexibility index (Phi) is 10.6. The molecule has 1 rings (SSSR count). The second kappa shape index (κ2) is 11.9. The van der Waals surface area contributed by atoms with Crippen molar-refractivity contribution in [2.45, 2.75) is 110 Å². The van der Waals surface area contributed by atoms with Crippen molar-refractivity contribution >= 4 is 5.97 Å². The van der Waals surface area contributed by atoms with E-state index in [9.17, 15) is 4.79 Å². The zero-order valence-electron chi connectivity index (χ0n) is 16.0. The van der Waals surface area contributed by atoms with Gasteiger partial charge in [0.2, 0.25) is 6.29 Å². The Morgan fingerprint density at radius 3 is 1.71 bits per heavy atom. The minimum Gasteiger partial charge on any atom is -0.433 e. The third-order valence-corrected chi connectivity index (χ3v) is 4.61. The number of ether oxygens (including phenoxy) is 2. The fraction of sp³-hybridized carbons (Fsp3) is 0.950. The van der Waals surface area contributed by atoms with Crippen LogP contribution in [-0.4, -0.2) is 30.1 Å². The lowest BCUT2D eigenvalue weighted by Crippen LogP contribution is -2.27. The Bertz CT molecular complexity index is 335. The van der Waals surface area contributed by atoms with E-state index in [1.54, 1.807) is 0 Å². The van der Waals surface area contributed by atoms with Crippen LogP contribution < -0.4 is 0 Å². The van der Waals surface area contributed by atoms with Crippen LogP contribution >= 0.6 is 0 Å². The lowest BCUT2D eigenvalue weighted by atomic mass is 9.96. The van der Waals surface area contributed by atoms with E-state index in [1.165, 1.54) is 51.4 Å². The van der Waals surface area contributed by atoms with Gasteiger partial charge in [0, 0.05) is 12.0 Å². The third-order valence-electron chi connectivity index (χ3n) is 4.61. The summed E-state index contributed by atoms with van der Waals surface area (Å²) in [6, 6.07) is 0. The predicted octanol–water partition coefficient (Wildman–Crippen LogP) is 4.97. The van der Waals surface area contributed by atoms with Crippen molar-refractivity contribution in [2.24, 2.45) is 5.41 Å². The van der Waals surface area contributed by atoms with Gasteiger partial charge in [-0.1, -0.05) is 85.0 Å². The van der Waals surface area contributed by atoms with Crippen LogP contribution in [0.4, 0.5) is 0 Å². The van der Waals surface area contributed by atoms with Gasteiger partial charge in [0.1, 0.15) is 0 Å². The lowest BCUT2D eigenvalue weighted by Gasteiger charge is -2.24. The van der Waals surface area contributed by atoms with Crippen molar-refractivity contribution in [1.82, 2.24) is 0 Å². The molecule has 1 heterocycles. The van der Waals surface area contributed by atoms with E-state index in [1.807, 2.05) is 20.8 Å². The molecule has 0 aromatic carbocycles. The first-order chi connectivity index (χ1) is 11.4. The Hall–Kier alpha value is -0.610. The molecular weight excluding hydrogens is 304 g/mol. The van der Waals surface area contributed by atoms with E-state index in [4.69, 9.17) is 14.6 Å². The fourth-order valence-electron chi connectivity index (χ4n) is 3.01. The zero-order chi connectivity index (χ0) is 17.8. The van der Waals surface area contributed by atoms with Gasteiger partial charge in [-0.2, -0.15) is 0 Å². The van der Waals surface area contributed by atoms with Gasteiger partial charge in [-0.3, -0.25) is 0 Å². The molecular formula is C20H38O4. The van der Waals surface area contributed by atoms with Crippen LogP contribution in [0.1, 0.15) is 97.8 Å². The molecule has 0 saturated carbocycles. The lowest BCUT2D eigenvalue weighted by molar-refractivity contribution is -0.154. The van der Waals surface area contributed by atoms with Crippen LogP contribution in [0.15, 0.2) is 0 Å². The van der Waals surface area contributed by atoms with E-state index in [0.717, 1.165) is 25.7 Å². The number of cyclic esters (lactones) is 1. The standard InChI is InChI=1S/C20H38O4/c1-20(2,3)19-23-17(18(22)24-19)15-13-11-9-7-5-4-6-8-10-12-14-16-21/h17,19,21H,4-16H2,1-3H3/t17-,19-/m0/s1. The van der Waals surface area contributed by atoms with Gasteiger partial charge in [0.05, 0.1) is 0 Å². The minimum absolute atomic E-state index is 0.150. The molecule has 0 aliphatic carbocycles.